The maximum Gasteiger partial charge on any atom is 0.274 e. The third kappa shape index (κ3) is 5.58. The van der Waals surface area contributed by atoms with Crippen LogP contribution in [-0.2, 0) is 4.74 Å². The highest BCUT2D eigenvalue weighted by Crippen LogP contribution is 2.13. The number of benzene rings is 1. The molecule has 1 aliphatic rings. The molecule has 1 aromatic carbocycles. The first-order valence-corrected chi connectivity index (χ1v) is 9.33. The molecule has 0 atom stereocenters. The molecule has 8 heteroatoms. The predicted octanol–water partition coefficient (Wildman–Crippen LogP) is 1.98. The molecule has 2 aromatic rings. The van der Waals surface area contributed by atoms with Crippen LogP contribution in [-0.4, -0.2) is 66.0 Å². The number of hydrogen-bond acceptors (Lipinski definition) is 7. The summed E-state index contributed by atoms with van der Waals surface area (Å²) in [5.74, 6) is 0.806. The van der Waals surface area contributed by atoms with Crippen LogP contribution in [0, 0.1) is 6.92 Å². The molecule has 3 rings (SSSR count). The lowest BCUT2D eigenvalue weighted by molar-refractivity contribution is 0.0398. The molecule has 148 valence electrons. The number of morpholine rings is 1. The van der Waals surface area contributed by atoms with E-state index in [2.05, 4.69) is 25.5 Å². The molecule has 28 heavy (non-hydrogen) atoms. The Kier molecular flexibility index (Phi) is 6.67. The summed E-state index contributed by atoms with van der Waals surface area (Å²) in [4.78, 5) is 34.8. The van der Waals surface area contributed by atoms with Gasteiger partial charge in [-0.25, -0.2) is 9.97 Å². The molecule has 2 heterocycles. The van der Waals surface area contributed by atoms with Crippen LogP contribution in [0.25, 0.3) is 0 Å². The fourth-order valence-corrected chi connectivity index (χ4v) is 2.92. The minimum Gasteiger partial charge on any atom is -0.379 e. The van der Waals surface area contributed by atoms with E-state index in [9.17, 15) is 9.59 Å². The lowest BCUT2D eigenvalue weighted by Crippen LogP contribution is -2.39. The molecule has 0 radical (unpaired) electrons. The number of aromatic nitrogens is 2. The second-order valence-corrected chi connectivity index (χ2v) is 6.65. The number of amides is 1. The summed E-state index contributed by atoms with van der Waals surface area (Å²) in [6, 6.07) is 8.41. The quantitative estimate of drug-likeness (QED) is 0.706. The van der Waals surface area contributed by atoms with Crippen molar-refractivity contribution >= 4 is 23.2 Å². The van der Waals surface area contributed by atoms with E-state index in [0.717, 1.165) is 39.4 Å². The van der Waals surface area contributed by atoms with Crippen molar-refractivity contribution in [1.29, 1.82) is 0 Å². The van der Waals surface area contributed by atoms with E-state index in [-0.39, 0.29) is 17.4 Å². The van der Waals surface area contributed by atoms with Crippen LogP contribution in [0.5, 0.6) is 0 Å². The molecule has 1 aliphatic heterocycles. The number of nitrogens with zero attached hydrogens (tertiary/aromatic N) is 3. The summed E-state index contributed by atoms with van der Waals surface area (Å²) in [5, 5.41) is 6.06. The van der Waals surface area contributed by atoms with Crippen molar-refractivity contribution in [2.24, 2.45) is 0 Å². The lowest BCUT2D eigenvalue weighted by Gasteiger charge is -2.26. The maximum atomic E-state index is 12.5. The van der Waals surface area contributed by atoms with Crippen LogP contribution in [0.4, 0.5) is 11.5 Å². The summed E-state index contributed by atoms with van der Waals surface area (Å²) in [7, 11) is 0. The zero-order chi connectivity index (χ0) is 19.9. The highest BCUT2D eigenvalue weighted by molar-refractivity contribution is 6.03. The van der Waals surface area contributed by atoms with Crippen LogP contribution >= 0.6 is 0 Å². The predicted molar refractivity (Wildman–Crippen MR) is 107 cm³/mol. The first kappa shape index (κ1) is 19.9. The van der Waals surface area contributed by atoms with E-state index in [1.54, 1.807) is 37.3 Å². The van der Waals surface area contributed by atoms with Gasteiger partial charge in [-0.05, 0) is 38.1 Å². The molecular formula is C20H25N5O3. The van der Waals surface area contributed by atoms with Gasteiger partial charge in [0.15, 0.2) is 5.78 Å². The molecular weight excluding hydrogens is 358 g/mol. The SMILES string of the molecule is CC(=O)c1ccc(NC(=O)c2cc(NCCN3CCOCC3)nc(C)n2)cc1. The number of carbonyl (C=O) groups is 2. The minimum atomic E-state index is -0.322. The average Bonchev–Trinajstić information content (AvgIpc) is 2.69. The number of ether oxygens (including phenoxy) is 1. The second kappa shape index (κ2) is 9.38. The highest BCUT2D eigenvalue weighted by atomic mass is 16.5. The van der Waals surface area contributed by atoms with Crippen LogP contribution < -0.4 is 10.6 Å². The van der Waals surface area contributed by atoms with Crippen molar-refractivity contribution in [3.05, 3.63) is 47.4 Å². The number of carbonyl (C=O) groups excluding carboxylic acids is 2. The van der Waals surface area contributed by atoms with Gasteiger partial charge in [0.1, 0.15) is 17.3 Å². The van der Waals surface area contributed by atoms with Crippen molar-refractivity contribution in [3.63, 3.8) is 0 Å². The molecule has 0 saturated carbocycles. The van der Waals surface area contributed by atoms with Crippen molar-refractivity contribution in [2.45, 2.75) is 13.8 Å². The van der Waals surface area contributed by atoms with Crippen molar-refractivity contribution < 1.29 is 14.3 Å². The number of Topliss-reactive ketones (excluding diaryl/α,β-unsaturated/α-hetero) is 1. The Bertz CT molecular complexity index is 832. The Morgan fingerprint density at radius 1 is 1.14 bits per heavy atom. The Balaban J connectivity index is 1.59. The molecule has 1 amide bonds. The normalized spacial score (nSPS) is 14.5. The van der Waals surface area contributed by atoms with Crippen LogP contribution in [0.1, 0.15) is 33.6 Å². The monoisotopic (exact) mass is 383 g/mol. The summed E-state index contributed by atoms with van der Waals surface area (Å²) < 4.78 is 5.35. The Morgan fingerprint density at radius 2 is 1.86 bits per heavy atom. The molecule has 1 aromatic heterocycles. The van der Waals surface area contributed by atoms with Gasteiger partial charge in [0.05, 0.1) is 13.2 Å². The number of ketones is 1. The number of anilines is 2. The van der Waals surface area contributed by atoms with Crippen LogP contribution in [0.3, 0.4) is 0 Å². The smallest absolute Gasteiger partial charge is 0.274 e. The molecule has 8 nitrogen and oxygen atoms in total. The number of aryl methyl sites for hydroxylation is 1. The number of rotatable bonds is 7. The largest absolute Gasteiger partial charge is 0.379 e. The highest BCUT2D eigenvalue weighted by Gasteiger charge is 2.13. The van der Waals surface area contributed by atoms with E-state index in [0.29, 0.717) is 22.9 Å². The van der Waals surface area contributed by atoms with Crippen molar-refractivity contribution in [1.82, 2.24) is 14.9 Å². The minimum absolute atomic E-state index is 0.0166. The molecule has 0 spiro atoms. The number of nitrogens with one attached hydrogen (secondary N) is 2. The summed E-state index contributed by atoms with van der Waals surface area (Å²) >= 11 is 0. The fourth-order valence-electron chi connectivity index (χ4n) is 2.92. The van der Waals surface area contributed by atoms with Gasteiger partial charge in [0, 0.05) is 43.5 Å². The van der Waals surface area contributed by atoms with E-state index in [1.807, 2.05) is 0 Å². The Hall–Kier alpha value is -2.84. The molecule has 0 bridgehead atoms. The van der Waals surface area contributed by atoms with E-state index in [1.165, 1.54) is 6.92 Å². The van der Waals surface area contributed by atoms with Gasteiger partial charge in [0.2, 0.25) is 0 Å². The topological polar surface area (TPSA) is 96.5 Å². The van der Waals surface area contributed by atoms with Gasteiger partial charge < -0.3 is 15.4 Å². The summed E-state index contributed by atoms with van der Waals surface area (Å²) in [6.45, 7) is 8.27. The van der Waals surface area contributed by atoms with Crippen LogP contribution in [0.2, 0.25) is 0 Å². The molecule has 0 aliphatic carbocycles. The first-order valence-electron chi connectivity index (χ1n) is 9.33. The molecule has 1 fully saturated rings. The van der Waals surface area contributed by atoms with Gasteiger partial charge in [0.25, 0.3) is 5.91 Å². The summed E-state index contributed by atoms with van der Waals surface area (Å²) in [6.07, 6.45) is 0. The maximum absolute atomic E-state index is 12.5. The fraction of sp³-hybridized carbons (Fsp3) is 0.400. The third-order valence-electron chi connectivity index (χ3n) is 4.46. The first-order chi connectivity index (χ1) is 13.5. The molecule has 0 unspecified atom stereocenters. The van der Waals surface area contributed by atoms with Crippen molar-refractivity contribution in [2.75, 3.05) is 50.0 Å². The van der Waals surface area contributed by atoms with Gasteiger partial charge in [-0.2, -0.15) is 0 Å². The van der Waals surface area contributed by atoms with E-state index in [4.69, 9.17) is 4.74 Å². The third-order valence-corrected chi connectivity index (χ3v) is 4.46. The van der Waals surface area contributed by atoms with E-state index >= 15 is 0 Å². The van der Waals surface area contributed by atoms with Gasteiger partial charge >= 0.3 is 0 Å². The van der Waals surface area contributed by atoms with Gasteiger partial charge in [-0.15, -0.1) is 0 Å². The second-order valence-electron chi connectivity index (χ2n) is 6.65. The van der Waals surface area contributed by atoms with Crippen LogP contribution in [0.15, 0.2) is 30.3 Å². The average molecular weight is 383 g/mol. The standard InChI is InChI=1S/C20H25N5O3/c1-14(26)16-3-5-17(6-4-16)24-20(27)18-13-19(23-15(2)22-18)21-7-8-25-9-11-28-12-10-25/h3-6,13H,7-12H2,1-2H3,(H,24,27)(H,21,22,23). The van der Waals surface area contributed by atoms with Gasteiger partial charge in [-0.3, -0.25) is 14.5 Å². The molecule has 2 N–H and O–H groups in total. The number of hydrogen-bond donors (Lipinski definition) is 2. The zero-order valence-corrected chi connectivity index (χ0v) is 16.2. The Labute approximate surface area is 164 Å². The lowest BCUT2D eigenvalue weighted by atomic mass is 10.1. The van der Waals surface area contributed by atoms with Gasteiger partial charge in [-0.1, -0.05) is 0 Å². The molecule has 1 saturated heterocycles. The zero-order valence-electron chi connectivity index (χ0n) is 16.2. The summed E-state index contributed by atoms with van der Waals surface area (Å²) in [5.41, 5.74) is 1.49. The van der Waals surface area contributed by atoms with Crippen molar-refractivity contribution in [3.8, 4) is 0 Å². The Morgan fingerprint density at radius 3 is 2.54 bits per heavy atom. The van der Waals surface area contributed by atoms with E-state index < -0.39 is 0 Å².